The van der Waals surface area contributed by atoms with E-state index in [2.05, 4.69) is 46.5 Å². The molecule has 0 saturated carbocycles. The van der Waals surface area contributed by atoms with Crippen LogP contribution >= 0.6 is 0 Å². The Kier molecular flexibility index (Phi) is 6.69. The highest BCUT2D eigenvalue weighted by atomic mass is 16.2. The fourth-order valence-corrected chi connectivity index (χ4v) is 3.85. The Bertz CT molecular complexity index is 1020. The molecule has 0 unspecified atom stereocenters. The third-order valence-electron chi connectivity index (χ3n) is 6.03. The topological polar surface area (TPSA) is 70.2 Å². The van der Waals surface area contributed by atoms with Crippen molar-refractivity contribution in [1.29, 1.82) is 0 Å². The summed E-state index contributed by atoms with van der Waals surface area (Å²) in [7, 11) is 0. The molecule has 1 aliphatic heterocycles. The van der Waals surface area contributed by atoms with E-state index in [1.54, 1.807) is 0 Å². The fraction of sp³-hybridized carbons (Fsp3) is 0.346. The van der Waals surface area contributed by atoms with Crippen molar-refractivity contribution in [3.63, 3.8) is 0 Å². The van der Waals surface area contributed by atoms with Gasteiger partial charge < -0.3 is 15.5 Å². The van der Waals surface area contributed by atoms with Crippen LogP contribution in [0, 0.1) is 5.92 Å². The largest absolute Gasteiger partial charge is 0.355 e. The van der Waals surface area contributed by atoms with Gasteiger partial charge in [-0.15, -0.1) is 10.2 Å². The van der Waals surface area contributed by atoms with Gasteiger partial charge in [0.2, 0.25) is 0 Å². The Morgan fingerprint density at radius 1 is 0.875 bits per heavy atom. The van der Waals surface area contributed by atoms with Crippen LogP contribution in [-0.4, -0.2) is 29.3 Å². The van der Waals surface area contributed by atoms with Crippen LogP contribution in [0.2, 0.25) is 0 Å². The van der Waals surface area contributed by atoms with E-state index in [-0.39, 0.29) is 6.03 Å². The number of rotatable bonds is 5. The molecule has 1 saturated heterocycles. The van der Waals surface area contributed by atoms with Crippen molar-refractivity contribution in [3.8, 4) is 11.3 Å². The normalized spacial score (nSPS) is 14.4. The molecular weight excluding hydrogens is 398 g/mol. The van der Waals surface area contributed by atoms with Crippen LogP contribution in [-0.2, 0) is 0 Å². The summed E-state index contributed by atoms with van der Waals surface area (Å²) in [6.45, 7) is 8.68. The molecule has 0 radical (unpaired) electrons. The first-order chi connectivity index (χ1) is 15.5. The number of piperidine rings is 1. The molecule has 0 atom stereocenters. The maximum absolute atomic E-state index is 12.3. The van der Waals surface area contributed by atoms with Crippen molar-refractivity contribution >= 4 is 23.2 Å². The van der Waals surface area contributed by atoms with E-state index in [0.717, 1.165) is 47.5 Å². The zero-order chi connectivity index (χ0) is 22.5. The van der Waals surface area contributed by atoms with E-state index in [4.69, 9.17) is 0 Å². The quantitative estimate of drug-likeness (QED) is 0.510. The summed E-state index contributed by atoms with van der Waals surface area (Å²) in [5.41, 5.74) is 4.51. The maximum Gasteiger partial charge on any atom is 0.323 e. The summed E-state index contributed by atoms with van der Waals surface area (Å²) in [5, 5.41) is 14.6. The first-order valence-electron chi connectivity index (χ1n) is 11.3. The Morgan fingerprint density at radius 3 is 2.00 bits per heavy atom. The number of anilines is 3. The zero-order valence-corrected chi connectivity index (χ0v) is 19.0. The number of nitrogens with one attached hydrogen (secondary N) is 2. The minimum absolute atomic E-state index is 0.268. The zero-order valence-electron chi connectivity index (χ0n) is 19.0. The Morgan fingerprint density at radius 2 is 1.47 bits per heavy atom. The average Bonchev–Trinajstić information content (AvgIpc) is 2.80. The van der Waals surface area contributed by atoms with E-state index >= 15 is 0 Å². The first kappa shape index (κ1) is 21.8. The molecular formula is C26H31N5O. The summed E-state index contributed by atoms with van der Waals surface area (Å²) >= 11 is 0. The molecule has 0 bridgehead atoms. The number of amides is 2. The van der Waals surface area contributed by atoms with Gasteiger partial charge in [0.1, 0.15) is 0 Å². The van der Waals surface area contributed by atoms with Gasteiger partial charge in [-0.05, 0) is 66.6 Å². The average molecular weight is 430 g/mol. The third-order valence-corrected chi connectivity index (χ3v) is 6.03. The van der Waals surface area contributed by atoms with E-state index in [9.17, 15) is 4.79 Å². The maximum atomic E-state index is 12.3. The second-order valence-electron chi connectivity index (χ2n) is 8.88. The first-order valence-corrected chi connectivity index (χ1v) is 11.3. The Hall–Kier alpha value is -3.41. The molecule has 1 aromatic heterocycles. The minimum Gasteiger partial charge on any atom is -0.355 e. The molecule has 2 amide bonds. The number of carbonyl (C=O) groups is 1. The van der Waals surface area contributed by atoms with E-state index in [1.807, 2.05) is 60.7 Å². The number of nitrogens with zero attached hydrogens (tertiary/aromatic N) is 3. The number of carbonyl (C=O) groups excluding carboxylic acids is 1. The Balaban J connectivity index is 1.34. The van der Waals surface area contributed by atoms with Crippen LogP contribution in [0.15, 0.2) is 60.7 Å². The second kappa shape index (κ2) is 9.81. The van der Waals surface area contributed by atoms with Crippen molar-refractivity contribution in [2.24, 2.45) is 5.92 Å². The molecule has 6 heteroatoms. The Labute approximate surface area is 190 Å². The summed E-state index contributed by atoms with van der Waals surface area (Å²) in [6.07, 6.45) is 2.41. The van der Waals surface area contributed by atoms with E-state index in [0.29, 0.717) is 5.92 Å². The molecule has 6 nitrogen and oxygen atoms in total. The minimum atomic E-state index is -0.268. The lowest BCUT2D eigenvalue weighted by Crippen LogP contribution is -2.33. The molecule has 2 aromatic carbocycles. The number of aromatic nitrogens is 2. The van der Waals surface area contributed by atoms with Crippen LogP contribution in [0.4, 0.5) is 22.0 Å². The molecule has 1 fully saturated rings. The van der Waals surface area contributed by atoms with Gasteiger partial charge in [-0.3, -0.25) is 0 Å². The molecule has 2 heterocycles. The molecule has 0 aliphatic carbocycles. The van der Waals surface area contributed by atoms with Gasteiger partial charge >= 0.3 is 6.03 Å². The van der Waals surface area contributed by atoms with Crippen molar-refractivity contribution in [2.45, 2.75) is 39.5 Å². The predicted octanol–water partition coefficient (Wildman–Crippen LogP) is 6.15. The highest BCUT2D eigenvalue weighted by Crippen LogP contribution is 2.24. The van der Waals surface area contributed by atoms with Crippen molar-refractivity contribution in [3.05, 3.63) is 66.2 Å². The van der Waals surface area contributed by atoms with Gasteiger partial charge in [0.05, 0.1) is 5.69 Å². The molecule has 32 heavy (non-hydrogen) atoms. The third kappa shape index (κ3) is 5.44. The SMILES string of the molecule is CC1CCN(c2ccc(-c3ccc(NC(=O)Nc4ccc(C(C)C)cc4)cc3)nn2)CC1. The van der Waals surface area contributed by atoms with Crippen molar-refractivity contribution in [2.75, 3.05) is 28.6 Å². The summed E-state index contributed by atoms with van der Waals surface area (Å²) in [6, 6.07) is 19.3. The molecule has 166 valence electrons. The monoisotopic (exact) mass is 429 g/mol. The number of hydrogen-bond donors (Lipinski definition) is 2. The molecule has 2 N–H and O–H groups in total. The van der Waals surface area contributed by atoms with Crippen molar-refractivity contribution in [1.82, 2.24) is 10.2 Å². The number of benzene rings is 2. The standard InChI is InChI=1S/C26H31N5O/c1-18(2)20-4-8-22(9-5-20)27-26(32)28-23-10-6-21(7-11-23)24-12-13-25(30-29-24)31-16-14-19(3)15-17-31/h4-13,18-19H,14-17H2,1-3H3,(H2,27,28,32). The van der Waals surface area contributed by atoms with Gasteiger partial charge in [0.15, 0.2) is 5.82 Å². The van der Waals surface area contributed by atoms with Gasteiger partial charge in [-0.2, -0.15) is 0 Å². The lowest BCUT2D eigenvalue weighted by atomic mass is 9.99. The molecule has 4 rings (SSSR count). The van der Waals surface area contributed by atoms with Gasteiger partial charge in [0, 0.05) is 30.0 Å². The summed E-state index contributed by atoms with van der Waals surface area (Å²) in [5.74, 6) is 2.20. The second-order valence-corrected chi connectivity index (χ2v) is 8.88. The summed E-state index contributed by atoms with van der Waals surface area (Å²) < 4.78 is 0. The predicted molar refractivity (Wildman–Crippen MR) is 131 cm³/mol. The smallest absolute Gasteiger partial charge is 0.323 e. The lowest BCUT2D eigenvalue weighted by Gasteiger charge is -2.30. The van der Waals surface area contributed by atoms with Crippen LogP contribution in [0.25, 0.3) is 11.3 Å². The van der Waals surface area contributed by atoms with Crippen LogP contribution in [0.1, 0.15) is 45.1 Å². The molecule has 1 aliphatic rings. The van der Waals surface area contributed by atoms with Crippen molar-refractivity contribution < 1.29 is 4.79 Å². The highest BCUT2D eigenvalue weighted by Gasteiger charge is 2.17. The van der Waals surface area contributed by atoms with Crippen LogP contribution in [0.5, 0.6) is 0 Å². The van der Waals surface area contributed by atoms with Gasteiger partial charge in [0.25, 0.3) is 0 Å². The fourth-order valence-electron chi connectivity index (χ4n) is 3.85. The molecule has 3 aromatic rings. The lowest BCUT2D eigenvalue weighted by molar-refractivity contribution is 0.262. The van der Waals surface area contributed by atoms with Crippen LogP contribution in [0.3, 0.4) is 0 Å². The van der Waals surface area contributed by atoms with Gasteiger partial charge in [-0.25, -0.2) is 4.79 Å². The van der Waals surface area contributed by atoms with E-state index in [1.165, 1.54) is 18.4 Å². The van der Waals surface area contributed by atoms with E-state index < -0.39 is 0 Å². The van der Waals surface area contributed by atoms with Gasteiger partial charge in [-0.1, -0.05) is 45.0 Å². The number of urea groups is 1. The van der Waals surface area contributed by atoms with Crippen LogP contribution < -0.4 is 15.5 Å². The summed E-state index contributed by atoms with van der Waals surface area (Å²) in [4.78, 5) is 14.6. The number of hydrogen-bond acceptors (Lipinski definition) is 4. The highest BCUT2D eigenvalue weighted by molar-refractivity contribution is 5.99. The molecule has 0 spiro atoms.